The standard InChI is InChI=1S/C14H28N2O4S/c1-3-4-9-16-10-7-13(8-11-16)15-21(18,19)12-5-6-14(17)20-2/h13,15H,3-12H2,1-2H3. The zero-order valence-electron chi connectivity index (χ0n) is 13.1. The number of rotatable bonds is 9. The van der Waals surface area contributed by atoms with Crippen molar-refractivity contribution in [2.45, 2.75) is 51.5 Å². The van der Waals surface area contributed by atoms with Crippen LogP contribution in [0.4, 0.5) is 0 Å². The van der Waals surface area contributed by atoms with Crippen molar-refractivity contribution in [2.75, 3.05) is 32.5 Å². The fraction of sp³-hybridized carbons (Fsp3) is 0.929. The maximum absolute atomic E-state index is 11.9. The number of carbonyl (C=O) groups excluding carboxylic acids is 1. The number of nitrogens with zero attached hydrogens (tertiary/aromatic N) is 1. The Kier molecular flexibility index (Phi) is 8.21. The monoisotopic (exact) mass is 320 g/mol. The predicted octanol–water partition coefficient (Wildman–Crippen LogP) is 1.12. The van der Waals surface area contributed by atoms with Crippen LogP contribution >= 0.6 is 0 Å². The summed E-state index contributed by atoms with van der Waals surface area (Å²) in [5, 5.41) is 0. The average molecular weight is 320 g/mol. The first kappa shape index (κ1) is 18.4. The van der Waals surface area contributed by atoms with Crippen LogP contribution in [0, 0.1) is 0 Å². The molecule has 124 valence electrons. The van der Waals surface area contributed by atoms with E-state index in [9.17, 15) is 13.2 Å². The van der Waals surface area contributed by atoms with Gasteiger partial charge in [-0.25, -0.2) is 13.1 Å². The average Bonchev–Trinajstić information content (AvgIpc) is 2.45. The van der Waals surface area contributed by atoms with Crippen molar-refractivity contribution in [3.8, 4) is 0 Å². The third-order valence-electron chi connectivity index (χ3n) is 3.78. The van der Waals surface area contributed by atoms with Gasteiger partial charge in [-0.2, -0.15) is 0 Å². The van der Waals surface area contributed by atoms with Gasteiger partial charge in [-0.1, -0.05) is 13.3 Å². The molecule has 0 saturated carbocycles. The molecule has 1 aliphatic rings. The highest BCUT2D eigenvalue weighted by Crippen LogP contribution is 2.12. The zero-order chi connectivity index (χ0) is 15.7. The second-order valence-electron chi connectivity index (χ2n) is 5.59. The fourth-order valence-corrected chi connectivity index (χ4v) is 3.86. The maximum atomic E-state index is 11.9. The molecule has 1 N–H and O–H groups in total. The number of sulfonamides is 1. The summed E-state index contributed by atoms with van der Waals surface area (Å²) in [6, 6.07) is 0.0333. The minimum Gasteiger partial charge on any atom is -0.469 e. The molecule has 0 bridgehead atoms. The highest BCUT2D eigenvalue weighted by Gasteiger charge is 2.23. The van der Waals surface area contributed by atoms with Gasteiger partial charge < -0.3 is 9.64 Å². The van der Waals surface area contributed by atoms with Crippen LogP contribution in [0.25, 0.3) is 0 Å². The highest BCUT2D eigenvalue weighted by atomic mass is 32.2. The molecule has 0 aromatic carbocycles. The quantitative estimate of drug-likeness (QED) is 0.644. The van der Waals surface area contributed by atoms with Gasteiger partial charge in [-0.15, -0.1) is 0 Å². The molecule has 0 atom stereocenters. The first-order valence-corrected chi connectivity index (χ1v) is 9.41. The lowest BCUT2D eigenvalue weighted by Crippen LogP contribution is -2.45. The molecule has 7 heteroatoms. The molecule has 0 aromatic rings. The molecule has 0 aliphatic carbocycles. The summed E-state index contributed by atoms with van der Waals surface area (Å²) in [7, 11) is -1.99. The molecule has 0 amide bonds. The van der Waals surface area contributed by atoms with Crippen molar-refractivity contribution in [1.29, 1.82) is 0 Å². The lowest BCUT2D eigenvalue weighted by molar-refractivity contribution is -0.140. The largest absolute Gasteiger partial charge is 0.469 e. The van der Waals surface area contributed by atoms with Crippen molar-refractivity contribution in [1.82, 2.24) is 9.62 Å². The minimum absolute atomic E-state index is 0.0157. The number of hydrogen-bond donors (Lipinski definition) is 1. The van der Waals surface area contributed by atoms with E-state index < -0.39 is 10.0 Å². The lowest BCUT2D eigenvalue weighted by Gasteiger charge is -2.32. The van der Waals surface area contributed by atoms with Crippen molar-refractivity contribution in [2.24, 2.45) is 0 Å². The number of piperidine rings is 1. The van der Waals surface area contributed by atoms with E-state index in [1.807, 2.05) is 0 Å². The highest BCUT2D eigenvalue weighted by molar-refractivity contribution is 7.89. The summed E-state index contributed by atoms with van der Waals surface area (Å²) in [5.41, 5.74) is 0. The van der Waals surface area contributed by atoms with E-state index in [1.54, 1.807) is 0 Å². The second-order valence-corrected chi connectivity index (χ2v) is 7.46. The molecule has 1 aliphatic heterocycles. The fourth-order valence-electron chi connectivity index (χ4n) is 2.48. The van der Waals surface area contributed by atoms with Gasteiger partial charge >= 0.3 is 5.97 Å². The van der Waals surface area contributed by atoms with Crippen molar-refractivity contribution >= 4 is 16.0 Å². The molecule has 0 aromatic heterocycles. The van der Waals surface area contributed by atoms with Crippen LogP contribution in [0.3, 0.4) is 0 Å². The van der Waals surface area contributed by atoms with Gasteiger partial charge in [-0.05, 0) is 45.3 Å². The van der Waals surface area contributed by atoms with Crippen LogP contribution in [-0.2, 0) is 19.6 Å². The summed E-state index contributed by atoms with van der Waals surface area (Å²) in [6.45, 7) is 5.19. The van der Waals surface area contributed by atoms with Crippen LogP contribution < -0.4 is 4.72 Å². The molecule has 0 spiro atoms. The molecule has 1 fully saturated rings. The molecule has 21 heavy (non-hydrogen) atoms. The molecular weight excluding hydrogens is 292 g/mol. The van der Waals surface area contributed by atoms with Crippen molar-refractivity contribution in [3.63, 3.8) is 0 Å². The number of unbranched alkanes of at least 4 members (excludes halogenated alkanes) is 1. The Labute approximate surface area is 128 Å². The van der Waals surface area contributed by atoms with E-state index >= 15 is 0 Å². The van der Waals surface area contributed by atoms with Crippen molar-refractivity contribution < 1.29 is 17.9 Å². The van der Waals surface area contributed by atoms with Crippen LogP contribution in [0.15, 0.2) is 0 Å². The van der Waals surface area contributed by atoms with E-state index in [0.29, 0.717) is 6.42 Å². The van der Waals surface area contributed by atoms with Gasteiger partial charge in [-0.3, -0.25) is 4.79 Å². The van der Waals surface area contributed by atoms with Gasteiger partial charge in [0, 0.05) is 12.5 Å². The molecular formula is C14H28N2O4S. The Balaban J connectivity index is 2.25. The SMILES string of the molecule is CCCCN1CCC(NS(=O)(=O)CCCC(=O)OC)CC1. The van der Waals surface area contributed by atoms with Gasteiger partial charge in [0.2, 0.25) is 10.0 Å². The summed E-state index contributed by atoms with van der Waals surface area (Å²) in [5.74, 6) is -0.382. The Bertz CT molecular complexity index is 403. The molecule has 6 nitrogen and oxygen atoms in total. The number of carbonyl (C=O) groups is 1. The number of nitrogens with one attached hydrogen (secondary N) is 1. The maximum Gasteiger partial charge on any atom is 0.305 e. The number of hydrogen-bond acceptors (Lipinski definition) is 5. The Morgan fingerprint density at radius 1 is 1.29 bits per heavy atom. The first-order chi connectivity index (χ1) is 9.96. The predicted molar refractivity (Wildman–Crippen MR) is 82.5 cm³/mol. The Morgan fingerprint density at radius 2 is 1.95 bits per heavy atom. The molecule has 1 heterocycles. The lowest BCUT2D eigenvalue weighted by atomic mass is 10.1. The zero-order valence-corrected chi connectivity index (χ0v) is 14.0. The van der Waals surface area contributed by atoms with Gasteiger partial charge in [0.1, 0.15) is 0 Å². The molecule has 1 saturated heterocycles. The smallest absolute Gasteiger partial charge is 0.305 e. The van der Waals surface area contributed by atoms with E-state index in [1.165, 1.54) is 20.0 Å². The number of esters is 1. The number of likely N-dealkylation sites (tertiary alicyclic amines) is 1. The third-order valence-corrected chi connectivity index (χ3v) is 5.30. The van der Waals surface area contributed by atoms with E-state index in [-0.39, 0.29) is 24.2 Å². The Hall–Kier alpha value is -0.660. The van der Waals surface area contributed by atoms with E-state index in [4.69, 9.17) is 0 Å². The Morgan fingerprint density at radius 3 is 2.52 bits per heavy atom. The normalized spacial score (nSPS) is 17.8. The van der Waals surface area contributed by atoms with E-state index in [2.05, 4.69) is 21.3 Å². The van der Waals surface area contributed by atoms with Gasteiger partial charge in [0.05, 0.1) is 12.9 Å². The summed E-state index contributed by atoms with van der Waals surface area (Å²) in [6.07, 6.45) is 4.56. The van der Waals surface area contributed by atoms with Crippen LogP contribution in [0.5, 0.6) is 0 Å². The van der Waals surface area contributed by atoms with Crippen LogP contribution in [-0.4, -0.2) is 57.8 Å². The summed E-state index contributed by atoms with van der Waals surface area (Å²) in [4.78, 5) is 13.4. The topological polar surface area (TPSA) is 75.7 Å². The second kappa shape index (κ2) is 9.38. The number of ether oxygens (including phenoxy) is 1. The van der Waals surface area contributed by atoms with Crippen LogP contribution in [0.1, 0.15) is 45.4 Å². The van der Waals surface area contributed by atoms with Gasteiger partial charge in [0.25, 0.3) is 0 Å². The molecule has 0 radical (unpaired) electrons. The number of methoxy groups -OCH3 is 1. The minimum atomic E-state index is -3.30. The first-order valence-electron chi connectivity index (χ1n) is 7.76. The summed E-state index contributed by atoms with van der Waals surface area (Å²) >= 11 is 0. The van der Waals surface area contributed by atoms with Crippen LogP contribution in [0.2, 0.25) is 0 Å². The van der Waals surface area contributed by atoms with Gasteiger partial charge in [0.15, 0.2) is 0 Å². The molecule has 1 rings (SSSR count). The van der Waals surface area contributed by atoms with E-state index in [0.717, 1.165) is 32.5 Å². The van der Waals surface area contributed by atoms with Crippen molar-refractivity contribution in [3.05, 3.63) is 0 Å². The summed E-state index contributed by atoms with van der Waals surface area (Å²) < 4.78 is 31.1. The third kappa shape index (κ3) is 7.78. The molecule has 0 unspecified atom stereocenters.